The van der Waals surface area contributed by atoms with Crippen LogP contribution in [-0.2, 0) is 0 Å². The lowest BCUT2D eigenvalue weighted by molar-refractivity contribution is 0.829. The Hall–Kier alpha value is -1.73. The summed E-state index contributed by atoms with van der Waals surface area (Å²) in [4.78, 5) is 13.0. The first-order valence-corrected chi connectivity index (χ1v) is 8.02. The summed E-state index contributed by atoms with van der Waals surface area (Å²) in [7, 11) is 0. The molecule has 0 fully saturated rings. The van der Waals surface area contributed by atoms with Crippen LogP contribution in [0.1, 0.15) is 11.1 Å². The molecule has 0 saturated heterocycles. The summed E-state index contributed by atoms with van der Waals surface area (Å²) in [5.41, 5.74) is 3.19. The van der Waals surface area contributed by atoms with E-state index >= 15 is 0 Å². The molecule has 0 unspecified atom stereocenters. The van der Waals surface area contributed by atoms with Gasteiger partial charge < -0.3 is 0 Å². The molecule has 0 amide bonds. The van der Waals surface area contributed by atoms with Crippen LogP contribution < -0.4 is 5.56 Å². The summed E-state index contributed by atoms with van der Waals surface area (Å²) < 4.78 is 2.13. The molecule has 3 aromatic rings. The van der Waals surface area contributed by atoms with Gasteiger partial charge in [0.05, 0.1) is 0 Å². The van der Waals surface area contributed by atoms with E-state index < -0.39 is 0 Å². The Bertz CT molecular complexity index is 853. The minimum atomic E-state index is -0.227. The number of aromatic nitrogens is 4. The summed E-state index contributed by atoms with van der Waals surface area (Å²) in [6.07, 6.45) is 1.92. The van der Waals surface area contributed by atoms with Crippen molar-refractivity contribution in [2.75, 3.05) is 6.26 Å². The zero-order valence-corrected chi connectivity index (χ0v) is 12.9. The van der Waals surface area contributed by atoms with E-state index in [1.807, 2.05) is 38.3 Å². The Morgan fingerprint density at radius 3 is 2.70 bits per heavy atom. The van der Waals surface area contributed by atoms with Crippen molar-refractivity contribution in [3.8, 4) is 11.3 Å². The summed E-state index contributed by atoms with van der Waals surface area (Å²) >= 11 is 2.85. The first-order chi connectivity index (χ1) is 9.60. The van der Waals surface area contributed by atoms with Crippen molar-refractivity contribution >= 4 is 28.1 Å². The molecule has 20 heavy (non-hydrogen) atoms. The van der Waals surface area contributed by atoms with E-state index in [1.165, 1.54) is 33.2 Å². The van der Waals surface area contributed by atoms with E-state index in [1.54, 1.807) is 0 Å². The molecular weight excluding hydrogens is 292 g/mol. The minimum Gasteiger partial charge on any atom is -0.265 e. The van der Waals surface area contributed by atoms with E-state index in [-0.39, 0.29) is 5.56 Å². The van der Waals surface area contributed by atoms with Crippen LogP contribution in [0.25, 0.3) is 16.2 Å². The van der Waals surface area contributed by atoms with Crippen LogP contribution in [0, 0.1) is 13.8 Å². The molecule has 0 N–H and O–H groups in total. The molecule has 0 saturated carbocycles. The molecule has 0 atom stereocenters. The van der Waals surface area contributed by atoms with Crippen LogP contribution in [-0.4, -0.2) is 26.1 Å². The van der Waals surface area contributed by atoms with Gasteiger partial charge in [-0.2, -0.15) is 4.52 Å². The first kappa shape index (κ1) is 13.3. The van der Waals surface area contributed by atoms with E-state index in [0.29, 0.717) is 10.7 Å². The summed E-state index contributed by atoms with van der Waals surface area (Å²) in [5.74, 6) is 0. The second-order valence-corrected chi connectivity index (χ2v) is 6.43. The maximum Gasteiger partial charge on any atom is 0.302 e. The molecule has 2 heterocycles. The van der Waals surface area contributed by atoms with E-state index in [4.69, 9.17) is 0 Å². The van der Waals surface area contributed by atoms with Crippen molar-refractivity contribution in [1.29, 1.82) is 0 Å². The normalized spacial score (nSPS) is 11.2. The van der Waals surface area contributed by atoms with Gasteiger partial charge >= 0.3 is 5.56 Å². The van der Waals surface area contributed by atoms with Crippen molar-refractivity contribution in [3.05, 3.63) is 39.7 Å². The maximum atomic E-state index is 12.4. The van der Waals surface area contributed by atoms with Gasteiger partial charge in [0, 0.05) is 5.56 Å². The fourth-order valence-corrected chi connectivity index (χ4v) is 3.14. The third-order valence-corrected chi connectivity index (χ3v) is 5.00. The lowest BCUT2D eigenvalue weighted by atomic mass is 10.0. The molecule has 0 radical (unpaired) electrons. The smallest absolute Gasteiger partial charge is 0.265 e. The van der Waals surface area contributed by atoms with Gasteiger partial charge in [-0.15, -0.1) is 15.3 Å². The zero-order chi connectivity index (χ0) is 14.3. The predicted molar refractivity (Wildman–Crippen MR) is 81.6 cm³/mol. The second-order valence-electron chi connectivity index (χ2n) is 4.42. The number of rotatable bonds is 2. The molecule has 102 valence electrons. The van der Waals surface area contributed by atoms with Crippen LogP contribution in [0.2, 0.25) is 0 Å². The Labute approximate surface area is 123 Å². The van der Waals surface area contributed by atoms with Gasteiger partial charge in [-0.05, 0) is 37.3 Å². The van der Waals surface area contributed by atoms with Gasteiger partial charge in [-0.25, -0.2) is 0 Å². The average Bonchev–Trinajstić information content (AvgIpc) is 2.87. The summed E-state index contributed by atoms with van der Waals surface area (Å²) in [6.45, 7) is 4.04. The highest BCUT2D eigenvalue weighted by Gasteiger charge is 2.13. The molecule has 0 aliphatic carbocycles. The number of aryl methyl sites for hydroxylation is 2. The number of nitrogens with zero attached hydrogens (tertiary/aromatic N) is 4. The fraction of sp³-hybridized carbons (Fsp3) is 0.231. The third kappa shape index (κ3) is 2.12. The number of benzene rings is 1. The molecule has 2 aromatic heterocycles. The van der Waals surface area contributed by atoms with Crippen LogP contribution in [0.15, 0.2) is 27.3 Å². The average molecular weight is 304 g/mol. The van der Waals surface area contributed by atoms with Crippen molar-refractivity contribution in [3.63, 3.8) is 0 Å². The monoisotopic (exact) mass is 304 g/mol. The quantitative estimate of drug-likeness (QED) is 0.681. The maximum absolute atomic E-state index is 12.4. The van der Waals surface area contributed by atoms with Crippen LogP contribution in [0.5, 0.6) is 0 Å². The van der Waals surface area contributed by atoms with E-state index in [9.17, 15) is 4.79 Å². The fourth-order valence-electron chi connectivity index (χ4n) is 1.85. The lowest BCUT2D eigenvalue weighted by Crippen LogP contribution is -2.19. The minimum absolute atomic E-state index is 0.227. The van der Waals surface area contributed by atoms with Crippen molar-refractivity contribution in [2.45, 2.75) is 18.2 Å². The second kappa shape index (κ2) is 4.99. The highest BCUT2D eigenvalue weighted by atomic mass is 32.2. The molecule has 5 nitrogen and oxygen atoms in total. The Balaban J connectivity index is 2.23. The SMILES string of the molecule is CSc1nn2c(=O)c(-c3ccc(C)c(C)c3)nnc2s1. The zero-order valence-electron chi connectivity index (χ0n) is 11.2. The summed E-state index contributed by atoms with van der Waals surface area (Å²) in [5, 5.41) is 12.4. The molecule has 0 spiro atoms. The highest BCUT2D eigenvalue weighted by molar-refractivity contribution is 8.00. The predicted octanol–water partition coefficient (Wildman–Crippen LogP) is 2.55. The van der Waals surface area contributed by atoms with Gasteiger partial charge in [0.2, 0.25) is 4.96 Å². The number of hydrogen-bond acceptors (Lipinski definition) is 6. The van der Waals surface area contributed by atoms with E-state index in [0.717, 1.165) is 15.5 Å². The largest absolute Gasteiger partial charge is 0.302 e. The lowest BCUT2D eigenvalue weighted by Gasteiger charge is -2.03. The molecule has 0 aliphatic heterocycles. The van der Waals surface area contributed by atoms with Gasteiger partial charge in [0.15, 0.2) is 10.0 Å². The van der Waals surface area contributed by atoms with Gasteiger partial charge in [0.1, 0.15) is 0 Å². The molecule has 1 aromatic carbocycles. The van der Waals surface area contributed by atoms with Crippen LogP contribution in [0.3, 0.4) is 0 Å². The highest BCUT2D eigenvalue weighted by Crippen LogP contribution is 2.21. The van der Waals surface area contributed by atoms with Gasteiger partial charge in [0.25, 0.3) is 0 Å². The van der Waals surface area contributed by atoms with E-state index in [2.05, 4.69) is 15.3 Å². The topological polar surface area (TPSA) is 60.2 Å². The number of fused-ring (bicyclic) bond motifs is 1. The Morgan fingerprint density at radius 1 is 1.20 bits per heavy atom. The van der Waals surface area contributed by atoms with Crippen molar-refractivity contribution in [1.82, 2.24) is 19.8 Å². The van der Waals surface area contributed by atoms with Crippen LogP contribution in [0.4, 0.5) is 0 Å². The number of hydrogen-bond donors (Lipinski definition) is 0. The first-order valence-electron chi connectivity index (χ1n) is 5.98. The van der Waals surface area contributed by atoms with Gasteiger partial charge in [-0.3, -0.25) is 4.79 Å². The molecule has 0 aliphatic rings. The van der Waals surface area contributed by atoms with Crippen LogP contribution >= 0.6 is 23.1 Å². The van der Waals surface area contributed by atoms with Crippen molar-refractivity contribution in [2.24, 2.45) is 0 Å². The Morgan fingerprint density at radius 2 is 2.00 bits per heavy atom. The molecular formula is C13H12N4OS2. The number of thioether (sulfide) groups is 1. The third-order valence-electron chi connectivity index (χ3n) is 3.13. The van der Waals surface area contributed by atoms with Crippen molar-refractivity contribution < 1.29 is 0 Å². The Kier molecular flexibility index (Phi) is 3.31. The molecule has 7 heteroatoms. The molecule has 3 rings (SSSR count). The van der Waals surface area contributed by atoms with Gasteiger partial charge in [-0.1, -0.05) is 35.2 Å². The standard InChI is InChI=1S/C13H12N4OS2/c1-7-4-5-9(6-8(7)2)10-11(18)17-12(15-14-10)20-13(16-17)19-3/h4-6H,1-3H3. The molecule has 0 bridgehead atoms. The summed E-state index contributed by atoms with van der Waals surface area (Å²) in [6, 6.07) is 5.83.